The number of fused-ring (bicyclic) bond motifs is 1. The molecular weight excluding hydrogens is 370 g/mol. The van der Waals surface area contributed by atoms with Crippen molar-refractivity contribution in [2.45, 2.75) is 25.3 Å². The fourth-order valence-electron chi connectivity index (χ4n) is 3.41. The number of guanidine groups is 1. The number of thiophene rings is 1. The number of nitrogens with one attached hydrogen (secondary N) is 3. The fraction of sp³-hybridized carbons (Fsp3) is 0.429. The predicted octanol–water partition coefficient (Wildman–Crippen LogP) is 3.03. The minimum atomic E-state index is 0.0674. The van der Waals surface area contributed by atoms with Gasteiger partial charge in [-0.1, -0.05) is 24.3 Å². The molecule has 1 aromatic carbocycles. The van der Waals surface area contributed by atoms with Gasteiger partial charge >= 0.3 is 0 Å². The molecule has 2 unspecified atom stereocenters. The van der Waals surface area contributed by atoms with Gasteiger partial charge in [-0.15, -0.1) is 11.3 Å². The quantitative estimate of drug-likeness (QED) is 0.494. The summed E-state index contributed by atoms with van der Waals surface area (Å²) in [6.45, 7) is 4.19. The van der Waals surface area contributed by atoms with Crippen LogP contribution in [0.4, 0.5) is 5.69 Å². The van der Waals surface area contributed by atoms with E-state index in [0.29, 0.717) is 19.5 Å². The minimum absolute atomic E-state index is 0.0674. The third-order valence-electron chi connectivity index (χ3n) is 4.88. The highest BCUT2D eigenvalue weighted by Crippen LogP contribution is 2.31. The van der Waals surface area contributed by atoms with Gasteiger partial charge in [0.2, 0.25) is 5.91 Å². The summed E-state index contributed by atoms with van der Waals surface area (Å²) in [5.74, 6) is 0.989. The molecule has 2 heterocycles. The maximum atomic E-state index is 12.0. The van der Waals surface area contributed by atoms with Gasteiger partial charge in [0.05, 0.1) is 12.6 Å². The lowest BCUT2D eigenvalue weighted by Crippen LogP contribution is -2.41. The number of amides is 1. The SMILES string of the molecule is CCNC(=NCC(c1cccs1)N(C)C)NCC1CC(=O)Nc2ccccc21. The lowest BCUT2D eigenvalue weighted by Gasteiger charge is -2.26. The van der Waals surface area contributed by atoms with E-state index in [0.717, 1.165) is 18.2 Å². The lowest BCUT2D eigenvalue weighted by molar-refractivity contribution is -0.116. The fourth-order valence-corrected chi connectivity index (χ4v) is 4.33. The van der Waals surface area contributed by atoms with Gasteiger partial charge in [0, 0.05) is 36.0 Å². The Labute approximate surface area is 171 Å². The van der Waals surface area contributed by atoms with Crippen molar-refractivity contribution in [3.05, 3.63) is 52.2 Å². The van der Waals surface area contributed by atoms with Crippen LogP contribution in [0.25, 0.3) is 0 Å². The highest BCUT2D eigenvalue weighted by Gasteiger charge is 2.24. The molecule has 0 spiro atoms. The molecule has 2 atom stereocenters. The van der Waals surface area contributed by atoms with Crippen LogP contribution in [0.3, 0.4) is 0 Å². The minimum Gasteiger partial charge on any atom is -0.357 e. The predicted molar refractivity (Wildman–Crippen MR) is 117 cm³/mol. The van der Waals surface area contributed by atoms with Gasteiger partial charge in [-0.2, -0.15) is 0 Å². The Bertz CT molecular complexity index is 803. The molecule has 150 valence electrons. The summed E-state index contributed by atoms with van der Waals surface area (Å²) in [6.07, 6.45) is 0.485. The van der Waals surface area contributed by atoms with E-state index in [9.17, 15) is 4.79 Å². The Kier molecular flexibility index (Phi) is 7.06. The largest absolute Gasteiger partial charge is 0.357 e. The number of para-hydroxylation sites is 1. The molecular formula is C21H29N5OS. The van der Waals surface area contributed by atoms with Crippen LogP contribution in [0.5, 0.6) is 0 Å². The van der Waals surface area contributed by atoms with Crippen molar-refractivity contribution in [2.75, 3.05) is 39.0 Å². The van der Waals surface area contributed by atoms with Gasteiger partial charge < -0.3 is 20.9 Å². The second kappa shape index (κ2) is 9.71. The first kappa shape index (κ1) is 20.4. The van der Waals surface area contributed by atoms with Gasteiger partial charge in [0.15, 0.2) is 5.96 Å². The second-order valence-electron chi connectivity index (χ2n) is 7.13. The molecule has 0 radical (unpaired) electrons. The molecule has 1 amide bonds. The number of hydrogen-bond donors (Lipinski definition) is 3. The zero-order valence-electron chi connectivity index (χ0n) is 16.7. The summed E-state index contributed by atoms with van der Waals surface area (Å²) in [4.78, 5) is 20.4. The summed E-state index contributed by atoms with van der Waals surface area (Å²) in [6, 6.07) is 12.5. The molecule has 1 aliphatic heterocycles. The number of anilines is 1. The van der Waals surface area contributed by atoms with Crippen LogP contribution in [0.15, 0.2) is 46.8 Å². The maximum Gasteiger partial charge on any atom is 0.225 e. The first-order valence-corrected chi connectivity index (χ1v) is 10.6. The Balaban J connectivity index is 1.68. The van der Waals surface area contributed by atoms with E-state index < -0.39 is 0 Å². The molecule has 3 rings (SSSR count). The highest BCUT2D eigenvalue weighted by molar-refractivity contribution is 7.10. The molecule has 0 fully saturated rings. The van der Waals surface area contributed by atoms with Crippen molar-refractivity contribution < 1.29 is 4.79 Å². The number of benzene rings is 1. The third kappa shape index (κ3) is 5.11. The number of likely N-dealkylation sites (N-methyl/N-ethyl adjacent to an activating group) is 1. The molecule has 7 heteroatoms. The summed E-state index contributed by atoms with van der Waals surface area (Å²) in [5, 5.41) is 11.8. The van der Waals surface area contributed by atoms with Crippen molar-refractivity contribution in [2.24, 2.45) is 4.99 Å². The van der Waals surface area contributed by atoms with Gasteiger partial charge in [-0.25, -0.2) is 0 Å². The Morgan fingerprint density at radius 3 is 2.82 bits per heavy atom. The van der Waals surface area contributed by atoms with Crippen LogP contribution < -0.4 is 16.0 Å². The van der Waals surface area contributed by atoms with Crippen molar-refractivity contribution in [3.8, 4) is 0 Å². The van der Waals surface area contributed by atoms with Gasteiger partial charge in [-0.05, 0) is 44.1 Å². The van der Waals surface area contributed by atoms with E-state index in [1.807, 2.05) is 18.2 Å². The van der Waals surface area contributed by atoms with E-state index in [1.165, 1.54) is 10.4 Å². The number of rotatable bonds is 7. The van der Waals surface area contributed by atoms with Crippen molar-refractivity contribution >= 4 is 28.9 Å². The summed E-state index contributed by atoms with van der Waals surface area (Å²) in [5.41, 5.74) is 2.09. The monoisotopic (exact) mass is 399 g/mol. The number of nitrogens with zero attached hydrogens (tertiary/aromatic N) is 2. The standard InChI is InChI=1S/C21H29N5OS/c1-4-22-21(24-14-18(26(2)3)19-10-7-11-28-19)23-13-15-12-20(27)25-17-9-6-5-8-16(15)17/h5-11,15,18H,4,12-14H2,1-3H3,(H,25,27)(H2,22,23,24). The highest BCUT2D eigenvalue weighted by atomic mass is 32.1. The third-order valence-corrected chi connectivity index (χ3v) is 5.86. The zero-order valence-corrected chi connectivity index (χ0v) is 17.6. The van der Waals surface area contributed by atoms with Crippen LogP contribution in [0, 0.1) is 0 Å². The molecule has 0 aliphatic carbocycles. The number of carbonyl (C=O) groups is 1. The average Bonchev–Trinajstić information content (AvgIpc) is 3.20. The van der Waals surface area contributed by atoms with Crippen LogP contribution in [-0.4, -0.2) is 50.5 Å². The molecule has 1 aromatic heterocycles. The molecule has 0 bridgehead atoms. The van der Waals surface area contributed by atoms with Crippen LogP contribution >= 0.6 is 11.3 Å². The van der Waals surface area contributed by atoms with E-state index in [1.54, 1.807) is 11.3 Å². The molecule has 1 aliphatic rings. The topological polar surface area (TPSA) is 68.8 Å². The first-order chi connectivity index (χ1) is 13.6. The van der Waals surface area contributed by atoms with Crippen LogP contribution in [-0.2, 0) is 4.79 Å². The first-order valence-electron chi connectivity index (χ1n) is 9.69. The smallest absolute Gasteiger partial charge is 0.225 e. The van der Waals surface area contributed by atoms with Gasteiger partial charge in [-0.3, -0.25) is 9.79 Å². The number of carbonyl (C=O) groups excluding carboxylic acids is 1. The van der Waals surface area contributed by atoms with Crippen molar-refractivity contribution in [1.82, 2.24) is 15.5 Å². The lowest BCUT2D eigenvalue weighted by atomic mass is 9.90. The second-order valence-corrected chi connectivity index (χ2v) is 8.11. The normalized spacial score (nSPS) is 17.8. The Morgan fingerprint density at radius 2 is 2.11 bits per heavy atom. The average molecular weight is 400 g/mol. The van der Waals surface area contributed by atoms with E-state index in [-0.39, 0.29) is 17.9 Å². The summed E-state index contributed by atoms with van der Waals surface area (Å²) < 4.78 is 0. The molecule has 6 nitrogen and oxygen atoms in total. The Hall–Kier alpha value is -2.38. The molecule has 28 heavy (non-hydrogen) atoms. The Morgan fingerprint density at radius 1 is 1.29 bits per heavy atom. The molecule has 0 saturated heterocycles. The van der Waals surface area contributed by atoms with Crippen LogP contribution in [0.2, 0.25) is 0 Å². The maximum absolute atomic E-state index is 12.0. The van der Waals surface area contributed by atoms with Crippen LogP contribution in [0.1, 0.15) is 35.7 Å². The van der Waals surface area contributed by atoms with Gasteiger partial charge in [0.1, 0.15) is 0 Å². The van der Waals surface area contributed by atoms with Crippen molar-refractivity contribution in [3.63, 3.8) is 0 Å². The number of aliphatic imine (C=N–C) groups is 1. The van der Waals surface area contributed by atoms with E-state index in [4.69, 9.17) is 4.99 Å². The molecule has 3 N–H and O–H groups in total. The summed E-state index contributed by atoms with van der Waals surface area (Å²) >= 11 is 1.76. The van der Waals surface area contributed by atoms with Gasteiger partial charge in [0.25, 0.3) is 0 Å². The molecule has 0 saturated carbocycles. The zero-order chi connectivity index (χ0) is 19.9. The molecule has 2 aromatic rings. The number of hydrogen-bond acceptors (Lipinski definition) is 4. The van der Waals surface area contributed by atoms with Crippen molar-refractivity contribution in [1.29, 1.82) is 0 Å². The van der Waals surface area contributed by atoms with E-state index >= 15 is 0 Å². The van der Waals surface area contributed by atoms with E-state index in [2.05, 4.69) is 65.4 Å². The summed E-state index contributed by atoms with van der Waals surface area (Å²) in [7, 11) is 4.16.